The maximum atomic E-state index is 14.2. The van der Waals surface area contributed by atoms with Crippen molar-refractivity contribution in [2.24, 2.45) is 0 Å². The topological polar surface area (TPSA) is 59.4 Å². The number of benzene rings is 3. The summed E-state index contributed by atoms with van der Waals surface area (Å²) in [4.78, 5) is 13.5. The molecular formula is C24H19F3N2O3S. The summed E-state index contributed by atoms with van der Waals surface area (Å²) in [6.07, 6.45) is 1.39. The molecule has 0 saturated carbocycles. The van der Waals surface area contributed by atoms with E-state index in [1.54, 1.807) is 24.3 Å². The summed E-state index contributed by atoms with van der Waals surface area (Å²) in [5.74, 6) is -3.01. The Labute approximate surface area is 188 Å². The van der Waals surface area contributed by atoms with Gasteiger partial charge >= 0.3 is 0 Å². The van der Waals surface area contributed by atoms with E-state index in [1.165, 1.54) is 42.3 Å². The zero-order valence-corrected chi connectivity index (χ0v) is 18.3. The Bertz CT molecular complexity index is 1450. The average Bonchev–Trinajstić information content (AvgIpc) is 3.16. The van der Waals surface area contributed by atoms with Crippen molar-refractivity contribution >= 4 is 26.8 Å². The predicted octanol–water partition coefficient (Wildman–Crippen LogP) is 4.84. The van der Waals surface area contributed by atoms with Crippen molar-refractivity contribution in [1.82, 2.24) is 8.87 Å². The summed E-state index contributed by atoms with van der Waals surface area (Å²) in [6, 6.07) is 14.9. The maximum absolute atomic E-state index is 14.2. The number of para-hydroxylation sites is 1. The van der Waals surface area contributed by atoms with Crippen LogP contribution in [0.5, 0.6) is 0 Å². The number of carbonyl (C=O) groups is 1. The first-order valence-corrected chi connectivity index (χ1v) is 11.4. The number of amides is 1. The van der Waals surface area contributed by atoms with Gasteiger partial charge in [0.1, 0.15) is 5.82 Å². The Morgan fingerprint density at radius 1 is 0.879 bits per heavy atom. The van der Waals surface area contributed by atoms with Crippen molar-refractivity contribution in [3.8, 4) is 0 Å². The summed E-state index contributed by atoms with van der Waals surface area (Å²) >= 11 is 0. The molecule has 1 heterocycles. The van der Waals surface area contributed by atoms with E-state index in [9.17, 15) is 26.4 Å². The van der Waals surface area contributed by atoms with Crippen LogP contribution < -0.4 is 0 Å². The van der Waals surface area contributed by atoms with Gasteiger partial charge in [0.05, 0.1) is 10.4 Å². The highest BCUT2D eigenvalue weighted by molar-refractivity contribution is 7.90. The van der Waals surface area contributed by atoms with Crippen LogP contribution in [0.1, 0.15) is 18.1 Å². The minimum absolute atomic E-state index is 0.00729. The summed E-state index contributed by atoms with van der Waals surface area (Å²) in [6.45, 7) is 1.08. The molecule has 4 aromatic rings. The van der Waals surface area contributed by atoms with Crippen molar-refractivity contribution in [2.45, 2.75) is 24.9 Å². The smallest absolute Gasteiger partial charge is 0.268 e. The Hall–Kier alpha value is -3.59. The zero-order chi connectivity index (χ0) is 23.8. The molecule has 0 unspecified atom stereocenters. The Kier molecular flexibility index (Phi) is 5.99. The second-order valence-electron chi connectivity index (χ2n) is 7.51. The maximum Gasteiger partial charge on any atom is 0.268 e. The van der Waals surface area contributed by atoms with Crippen molar-refractivity contribution in [2.75, 3.05) is 0 Å². The van der Waals surface area contributed by atoms with Gasteiger partial charge in [-0.1, -0.05) is 30.3 Å². The molecule has 3 aromatic carbocycles. The third kappa shape index (κ3) is 4.36. The van der Waals surface area contributed by atoms with Gasteiger partial charge in [0.15, 0.2) is 11.6 Å². The normalized spacial score (nSPS) is 11.6. The number of hydrogen-bond donors (Lipinski definition) is 0. The monoisotopic (exact) mass is 472 g/mol. The Balaban J connectivity index is 1.76. The summed E-state index contributed by atoms with van der Waals surface area (Å²) in [5.41, 5.74) is 0.883. The largest absolute Gasteiger partial charge is 0.334 e. The molecule has 170 valence electrons. The second-order valence-corrected chi connectivity index (χ2v) is 9.33. The lowest BCUT2D eigenvalue weighted by molar-refractivity contribution is -0.130. The molecular weight excluding hydrogens is 453 g/mol. The molecule has 0 bridgehead atoms. The average molecular weight is 472 g/mol. The Morgan fingerprint density at radius 3 is 2.24 bits per heavy atom. The first-order chi connectivity index (χ1) is 15.7. The predicted molar refractivity (Wildman–Crippen MR) is 117 cm³/mol. The van der Waals surface area contributed by atoms with Gasteiger partial charge in [-0.2, -0.15) is 0 Å². The van der Waals surface area contributed by atoms with Gasteiger partial charge in [-0.25, -0.2) is 25.6 Å². The molecule has 1 aromatic heterocycles. The van der Waals surface area contributed by atoms with E-state index in [1.807, 2.05) is 0 Å². The summed E-state index contributed by atoms with van der Waals surface area (Å²) < 4.78 is 68.6. The van der Waals surface area contributed by atoms with E-state index in [-0.39, 0.29) is 23.5 Å². The van der Waals surface area contributed by atoms with Gasteiger partial charge in [-0.15, -0.1) is 0 Å². The molecule has 33 heavy (non-hydrogen) atoms. The van der Waals surface area contributed by atoms with Crippen LogP contribution in [0.3, 0.4) is 0 Å². The molecule has 1 amide bonds. The molecule has 5 nitrogen and oxygen atoms in total. The van der Waals surface area contributed by atoms with Gasteiger partial charge in [-0.3, -0.25) is 4.79 Å². The van der Waals surface area contributed by atoms with E-state index in [0.717, 1.165) is 22.2 Å². The van der Waals surface area contributed by atoms with Crippen LogP contribution in [0, 0.1) is 17.5 Å². The third-order valence-electron chi connectivity index (χ3n) is 5.33. The summed E-state index contributed by atoms with van der Waals surface area (Å²) in [7, 11) is -4.05. The molecule has 0 saturated heterocycles. The lowest BCUT2D eigenvalue weighted by Gasteiger charge is -2.21. The molecule has 0 fully saturated rings. The first kappa shape index (κ1) is 22.6. The second kappa shape index (κ2) is 8.74. The highest BCUT2D eigenvalue weighted by Gasteiger charge is 2.23. The number of halogens is 3. The van der Waals surface area contributed by atoms with Crippen LogP contribution in [-0.4, -0.2) is 23.2 Å². The molecule has 4 rings (SSSR count). The van der Waals surface area contributed by atoms with E-state index in [2.05, 4.69) is 0 Å². The summed E-state index contributed by atoms with van der Waals surface area (Å²) in [5, 5.41) is 0.578. The lowest BCUT2D eigenvalue weighted by atomic mass is 10.1. The van der Waals surface area contributed by atoms with Gasteiger partial charge in [0, 0.05) is 37.2 Å². The van der Waals surface area contributed by atoms with E-state index in [4.69, 9.17) is 0 Å². The number of fused-ring (bicyclic) bond motifs is 1. The molecule has 0 radical (unpaired) electrons. The molecule has 0 aliphatic heterocycles. The molecule has 0 N–H and O–H groups in total. The molecule has 0 atom stereocenters. The minimum Gasteiger partial charge on any atom is -0.334 e. The Morgan fingerprint density at radius 2 is 1.55 bits per heavy atom. The zero-order valence-electron chi connectivity index (χ0n) is 17.5. The number of nitrogens with zero attached hydrogens (tertiary/aromatic N) is 2. The number of hydrogen-bond acceptors (Lipinski definition) is 3. The minimum atomic E-state index is -4.05. The van der Waals surface area contributed by atoms with Crippen molar-refractivity contribution in [3.63, 3.8) is 0 Å². The molecule has 9 heteroatoms. The van der Waals surface area contributed by atoms with E-state index >= 15 is 0 Å². The van der Waals surface area contributed by atoms with Gasteiger partial charge in [0.25, 0.3) is 10.0 Å². The third-order valence-corrected chi connectivity index (χ3v) is 7.02. The highest BCUT2D eigenvalue weighted by atomic mass is 32.2. The van der Waals surface area contributed by atoms with Crippen LogP contribution in [0.25, 0.3) is 10.9 Å². The first-order valence-electron chi connectivity index (χ1n) is 9.97. The SMILES string of the molecule is CC(=O)N(Cc1cccc(F)c1F)Cc1cn(S(=O)(=O)c2ccc(F)cc2)c2ccccc12. The fourth-order valence-electron chi connectivity index (χ4n) is 3.62. The van der Waals surface area contributed by atoms with Crippen LogP contribution >= 0.6 is 0 Å². The quantitative estimate of drug-likeness (QED) is 0.403. The van der Waals surface area contributed by atoms with Gasteiger partial charge in [-0.05, 0) is 42.0 Å². The number of carbonyl (C=O) groups excluding carboxylic acids is 1. The fourth-order valence-corrected chi connectivity index (χ4v) is 5.01. The van der Waals surface area contributed by atoms with Crippen LogP contribution in [-0.2, 0) is 27.9 Å². The molecule has 0 aliphatic carbocycles. The lowest BCUT2D eigenvalue weighted by Crippen LogP contribution is -2.28. The van der Waals surface area contributed by atoms with Crippen molar-refractivity contribution in [1.29, 1.82) is 0 Å². The van der Waals surface area contributed by atoms with Crippen LogP contribution in [0.2, 0.25) is 0 Å². The van der Waals surface area contributed by atoms with Crippen molar-refractivity contribution in [3.05, 3.63) is 102 Å². The number of rotatable bonds is 6. The molecule has 0 aliphatic rings. The van der Waals surface area contributed by atoms with Crippen LogP contribution in [0.15, 0.2) is 77.8 Å². The van der Waals surface area contributed by atoms with E-state index < -0.39 is 33.4 Å². The van der Waals surface area contributed by atoms with E-state index in [0.29, 0.717) is 16.5 Å². The fraction of sp³-hybridized carbons (Fsp3) is 0.125. The van der Waals surface area contributed by atoms with Crippen molar-refractivity contribution < 1.29 is 26.4 Å². The highest BCUT2D eigenvalue weighted by Crippen LogP contribution is 2.28. The van der Waals surface area contributed by atoms with Crippen LogP contribution in [0.4, 0.5) is 13.2 Å². The number of aromatic nitrogens is 1. The standard InChI is InChI=1S/C24H19F3N2O3S/c1-16(30)28(13-17-5-4-7-22(26)24(17)27)14-18-15-29(23-8-3-2-6-21(18)23)33(31,32)20-11-9-19(25)10-12-20/h2-12,15H,13-14H2,1H3. The molecule has 0 spiro atoms. The van der Waals surface area contributed by atoms with Gasteiger partial charge < -0.3 is 4.90 Å². The van der Waals surface area contributed by atoms with Gasteiger partial charge in [0.2, 0.25) is 5.91 Å².